The first-order chi connectivity index (χ1) is 14.0. The number of carbonyl (C=O) groups is 1. The van der Waals surface area contributed by atoms with Gasteiger partial charge in [0.15, 0.2) is 0 Å². The van der Waals surface area contributed by atoms with E-state index >= 15 is 0 Å². The summed E-state index contributed by atoms with van der Waals surface area (Å²) >= 11 is 0. The molecule has 29 heavy (non-hydrogen) atoms. The van der Waals surface area contributed by atoms with Gasteiger partial charge < -0.3 is 18.9 Å². The van der Waals surface area contributed by atoms with Crippen LogP contribution in [0.5, 0.6) is 11.5 Å². The monoisotopic (exact) mass is 401 g/mol. The average Bonchev–Trinajstić information content (AvgIpc) is 3.35. The van der Waals surface area contributed by atoms with Crippen molar-refractivity contribution in [3.63, 3.8) is 0 Å². The summed E-state index contributed by atoms with van der Waals surface area (Å²) < 4.78 is 43.1. The van der Waals surface area contributed by atoms with Gasteiger partial charge in [-0.2, -0.15) is 4.98 Å². The molecule has 0 N–H and O–H groups in total. The number of hydrogen-bond donors (Lipinski definition) is 0. The number of nitrogens with zero attached hydrogens (tertiary/aromatic N) is 3. The number of anilines is 1. The van der Waals surface area contributed by atoms with Crippen LogP contribution in [-0.2, 0) is 4.79 Å². The third kappa shape index (κ3) is 3.63. The first-order valence-corrected chi connectivity index (χ1v) is 8.81. The highest BCUT2D eigenvalue weighted by Gasteiger charge is 2.36. The summed E-state index contributed by atoms with van der Waals surface area (Å²) in [6, 6.07) is 8.28. The van der Waals surface area contributed by atoms with Crippen molar-refractivity contribution in [3.8, 4) is 22.9 Å². The Hall–Kier alpha value is -3.49. The second-order valence-corrected chi connectivity index (χ2v) is 6.56. The molecule has 1 atom stereocenters. The molecule has 150 valence electrons. The van der Waals surface area contributed by atoms with Crippen LogP contribution in [-0.4, -0.2) is 36.8 Å². The normalized spacial score (nSPS) is 16.3. The molecule has 4 rings (SSSR count). The topological polar surface area (TPSA) is 77.7 Å². The van der Waals surface area contributed by atoms with Gasteiger partial charge in [0.2, 0.25) is 17.6 Å². The fraction of sp³-hybridized carbons (Fsp3) is 0.250. The van der Waals surface area contributed by atoms with Gasteiger partial charge in [0, 0.05) is 30.7 Å². The van der Waals surface area contributed by atoms with Crippen molar-refractivity contribution in [1.82, 2.24) is 10.1 Å². The van der Waals surface area contributed by atoms with E-state index in [1.54, 1.807) is 18.2 Å². The van der Waals surface area contributed by atoms with Crippen molar-refractivity contribution in [1.29, 1.82) is 0 Å². The maximum absolute atomic E-state index is 14.1. The van der Waals surface area contributed by atoms with Gasteiger partial charge in [0.1, 0.15) is 23.1 Å². The van der Waals surface area contributed by atoms with Gasteiger partial charge in [0.25, 0.3) is 0 Å². The number of methoxy groups -OCH3 is 2. The molecular formula is C20H17F2N3O4. The lowest BCUT2D eigenvalue weighted by atomic mass is 10.1. The number of rotatable bonds is 5. The number of hydrogen-bond acceptors (Lipinski definition) is 6. The molecule has 1 aliphatic rings. The summed E-state index contributed by atoms with van der Waals surface area (Å²) in [5.74, 6) is -0.488. The number of ether oxygens (including phenoxy) is 2. The first kappa shape index (κ1) is 18.9. The zero-order valence-corrected chi connectivity index (χ0v) is 15.7. The molecule has 9 heteroatoms. The molecule has 0 radical (unpaired) electrons. The molecule has 7 nitrogen and oxygen atoms in total. The third-order valence-corrected chi connectivity index (χ3v) is 4.73. The van der Waals surface area contributed by atoms with E-state index in [0.717, 1.165) is 12.1 Å². The Balaban J connectivity index is 1.58. The summed E-state index contributed by atoms with van der Waals surface area (Å²) in [7, 11) is 3.07. The molecule has 1 fully saturated rings. The van der Waals surface area contributed by atoms with Gasteiger partial charge >= 0.3 is 0 Å². The molecule has 1 amide bonds. The second kappa shape index (κ2) is 7.50. The van der Waals surface area contributed by atoms with Gasteiger partial charge in [-0.25, -0.2) is 8.78 Å². The maximum atomic E-state index is 14.1. The van der Waals surface area contributed by atoms with Crippen LogP contribution < -0.4 is 14.4 Å². The minimum absolute atomic E-state index is 0.0242. The van der Waals surface area contributed by atoms with Crippen LogP contribution in [0.25, 0.3) is 11.4 Å². The smallest absolute Gasteiger partial charge is 0.232 e. The van der Waals surface area contributed by atoms with E-state index in [1.165, 1.54) is 25.2 Å². The maximum Gasteiger partial charge on any atom is 0.232 e. The molecule has 0 saturated carbocycles. The minimum Gasteiger partial charge on any atom is -0.497 e. The summed E-state index contributed by atoms with van der Waals surface area (Å²) in [6.45, 7) is 0.157. The lowest BCUT2D eigenvalue weighted by Crippen LogP contribution is -2.25. The van der Waals surface area contributed by atoms with E-state index in [-0.39, 0.29) is 30.5 Å². The van der Waals surface area contributed by atoms with Gasteiger partial charge in [-0.05, 0) is 24.3 Å². The molecule has 0 spiro atoms. The van der Waals surface area contributed by atoms with Crippen LogP contribution in [0, 0.1) is 11.6 Å². The van der Waals surface area contributed by atoms with E-state index in [0.29, 0.717) is 22.9 Å². The molecule has 2 heterocycles. The average molecular weight is 401 g/mol. The molecule has 1 saturated heterocycles. The number of benzene rings is 2. The van der Waals surface area contributed by atoms with Gasteiger partial charge in [-0.3, -0.25) is 4.79 Å². The van der Waals surface area contributed by atoms with Gasteiger partial charge in [0.05, 0.1) is 25.8 Å². The largest absolute Gasteiger partial charge is 0.497 e. The second-order valence-electron chi connectivity index (χ2n) is 6.56. The van der Waals surface area contributed by atoms with E-state index in [1.807, 2.05) is 0 Å². The fourth-order valence-electron chi connectivity index (χ4n) is 3.26. The van der Waals surface area contributed by atoms with Crippen LogP contribution in [0.4, 0.5) is 14.5 Å². The quantitative estimate of drug-likeness (QED) is 0.651. The molecule has 0 bridgehead atoms. The predicted octanol–water partition coefficient (Wildman–Crippen LogP) is 3.55. The Morgan fingerprint density at radius 3 is 2.48 bits per heavy atom. The van der Waals surface area contributed by atoms with Crippen LogP contribution in [0.3, 0.4) is 0 Å². The summed E-state index contributed by atoms with van der Waals surface area (Å²) in [5.41, 5.74) is 0.651. The molecular weight excluding hydrogens is 384 g/mol. The fourth-order valence-corrected chi connectivity index (χ4v) is 3.26. The molecule has 1 unspecified atom stereocenters. The standard InChI is InChI=1S/C20H17F2N3O4/c1-27-14-5-11(6-15(9-14)28-2)19-23-20(29-24-19)12-7-18(26)25(10-12)17-4-3-13(21)8-16(17)22/h3-6,8-9,12H,7,10H2,1-2H3. The first-order valence-electron chi connectivity index (χ1n) is 8.81. The highest BCUT2D eigenvalue weighted by Crippen LogP contribution is 2.34. The SMILES string of the molecule is COc1cc(OC)cc(-c2noc(C3CC(=O)N(c4ccc(F)cc4F)C3)n2)c1. The molecule has 0 aliphatic carbocycles. The molecule has 1 aliphatic heterocycles. The van der Waals surface area contributed by atoms with Crippen molar-refractivity contribution >= 4 is 11.6 Å². The van der Waals surface area contributed by atoms with Gasteiger partial charge in [-0.15, -0.1) is 0 Å². The van der Waals surface area contributed by atoms with Gasteiger partial charge in [-0.1, -0.05) is 5.16 Å². The van der Waals surface area contributed by atoms with E-state index in [4.69, 9.17) is 14.0 Å². The lowest BCUT2D eigenvalue weighted by molar-refractivity contribution is -0.117. The number of amides is 1. The van der Waals surface area contributed by atoms with E-state index in [9.17, 15) is 13.6 Å². The third-order valence-electron chi connectivity index (χ3n) is 4.73. The highest BCUT2D eigenvalue weighted by atomic mass is 19.1. The molecule has 3 aromatic rings. The molecule has 1 aromatic heterocycles. The van der Waals surface area contributed by atoms with Crippen LogP contribution in [0.2, 0.25) is 0 Å². The number of carbonyl (C=O) groups excluding carboxylic acids is 1. The van der Waals surface area contributed by atoms with Crippen molar-refractivity contribution < 1.29 is 27.6 Å². The van der Waals surface area contributed by atoms with Crippen LogP contribution in [0.1, 0.15) is 18.2 Å². The Morgan fingerprint density at radius 2 is 1.83 bits per heavy atom. The zero-order chi connectivity index (χ0) is 20.5. The highest BCUT2D eigenvalue weighted by molar-refractivity contribution is 5.96. The van der Waals surface area contributed by atoms with E-state index < -0.39 is 17.6 Å². The predicted molar refractivity (Wildman–Crippen MR) is 98.9 cm³/mol. The van der Waals surface area contributed by atoms with Crippen molar-refractivity contribution in [2.45, 2.75) is 12.3 Å². The summed E-state index contributed by atoms with van der Waals surface area (Å²) in [6.07, 6.45) is 0.0832. The van der Waals surface area contributed by atoms with Crippen molar-refractivity contribution in [2.24, 2.45) is 0 Å². The van der Waals surface area contributed by atoms with Crippen LogP contribution >= 0.6 is 0 Å². The lowest BCUT2D eigenvalue weighted by Gasteiger charge is -2.16. The Kier molecular flexibility index (Phi) is 4.87. The number of halogens is 2. The number of aromatic nitrogens is 2. The molecule has 2 aromatic carbocycles. The van der Waals surface area contributed by atoms with E-state index in [2.05, 4.69) is 10.1 Å². The summed E-state index contributed by atoms with van der Waals surface area (Å²) in [5, 5.41) is 3.98. The van der Waals surface area contributed by atoms with Crippen molar-refractivity contribution in [3.05, 3.63) is 53.9 Å². The van der Waals surface area contributed by atoms with Crippen LogP contribution in [0.15, 0.2) is 40.9 Å². The summed E-state index contributed by atoms with van der Waals surface area (Å²) in [4.78, 5) is 18.0. The Labute approximate surface area is 164 Å². The minimum atomic E-state index is -0.798. The Bertz CT molecular complexity index is 1050. The zero-order valence-electron chi connectivity index (χ0n) is 15.7. The Morgan fingerprint density at radius 1 is 1.10 bits per heavy atom. The van der Waals surface area contributed by atoms with Crippen molar-refractivity contribution in [2.75, 3.05) is 25.7 Å².